The zero-order valence-corrected chi connectivity index (χ0v) is 14.7. The van der Waals surface area contributed by atoms with E-state index in [1.807, 2.05) is 6.07 Å². The topological polar surface area (TPSA) is 92.5 Å². The van der Waals surface area contributed by atoms with Crippen LogP contribution in [0.5, 0.6) is 0 Å². The van der Waals surface area contributed by atoms with Crippen molar-refractivity contribution in [3.63, 3.8) is 0 Å². The number of carbonyl (C=O) groups is 3. The molecule has 0 aliphatic carbocycles. The number of para-hydroxylation sites is 1. The number of anilines is 1. The summed E-state index contributed by atoms with van der Waals surface area (Å²) < 4.78 is 5.53. The van der Waals surface area contributed by atoms with Crippen LogP contribution in [0, 0.1) is 6.92 Å². The minimum absolute atomic E-state index is 0.177. The van der Waals surface area contributed by atoms with Crippen molar-refractivity contribution in [1.29, 1.82) is 0 Å². The van der Waals surface area contributed by atoms with Gasteiger partial charge in [0, 0.05) is 19.9 Å². The summed E-state index contributed by atoms with van der Waals surface area (Å²) in [6, 6.07) is 12.1. The zero-order valence-electron chi connectivity index (χ0n) is 14.7. The highest BCUT2D eigenvalue weighted by molar-refractivity contribution is 6.21. The smallest absolute Gasteiger partial charge is 0.261 e. The number of nitrogens with zero attached hydrogens (tertiary/aromatic N) is 2. The Morgan fingerprint density at radius 2 is 1.78 bits per heavy atom. The monoisotopic (exact) mass is 363 g/mol. The lowest BCUT2D eigenvalue weighted by Gasteiger charge is -2.13. The van der Waals surface area contributed by atoms with E-state index in [0.717, 1.165) is 0 Å². The second-order valence-electron chi connectivity index (χ2n) is 6.35. The molecule has 0 spiro atoms. The van der Waals surface area contributed by atoms with E-state index in [2.05, 4.69) is 10.3 Å². The highest BCUT2D eigenvalue weighted by Gasteiger charge is 2.34. The van der Waals surface area contributed by atoms with Crippen LogP contribution in [0.4, 0.5) is 5.69 Å². The molecule has 7 nitrogen and oxygen atoms in total. The van der Waals surface area contributed by atoms with Gasteiger partial charge in [-0.1, -0.05) is 18.2 Å². The molecule has 0 unspecified atom stereocenters. The second-order valence-corrected chi connectivity index (χ2v) is 6.35. The average Bonchev–Trinajstić information content (AvgIpc) is 3.15. The number of carbonyl (C=O) groups excluding carboxylic acids is 3. The number of aromatic nitrogens is 1. The molecule has 3 aromatic rings. The molecule has 0 radical (unpaired) electrons. The van der Waals surface area contributed by atoms with E-state index in [9.17, 15) is 14.4 Å². The molecule has 3 amide bonds. The summed E-state index contributed by atoms with van der Waals surface area (Å²) in [4.78, 5) is 42.3. The first kappa shape index (κ1) is 17.0. The van der Waals surface area contributed by atoms with Crippen LogP contribution in [0.2, 0.25) is 0 Å². The van der Waals surface area contributed by atoms with Gasteiger partial charge in [-0.2, -0.15) is 0 Å². The second kappa shape index (κ2) is 6.68. The summed E-state index contributed by atoms with van der Waals surface area (Å²) >= 11 is 0. The molecule has 0 bridgehead atoms. The quantitative estimate of drug-likeness (QED) is 0.703. The maximum Gasteiger partial charge on any atom is 0.261 e. The third kappa shape index (κ3) is 3.08. The Balaban J connectivity index is 1.36. The molecule has 0 saturated heterocycles. The van der Waals surface area contributed by atoms with Crippen molar-refractivity contribution in [2.24, 2.45) is 0 Å². The Morgan fingerprint density at radius 3 is 2.48 bits per heavy atom. The Kier molecular flexibility index (Phi) is 4.19. The Bertz CT molecular complexity index is 1040. The van der Waals surface area contributed by atoms with Crippen molar-refractivity contribution in [2.45, 2.75) is 19.8 Å². The molecule has 1 aliphatic rings. The summed E-state index contributed by atoms with van der Waals surface area (Å²) in [5.74, 6) is -0.304. The highest BCUT2D eigenvalue weighted by atomic mass is 16.3. The number of aryl methyl sites for hydroxylation is 1. The van der Waals surface area contributed by atoms with E-state index in [1.165, 1.54) is 4.90 Å². The fourth-order valence-corrected chi connectivity index (χ4v) is 3.21. The number of amides is 3. The van der Waals surface area contributed by atoms with E-state index >= 15 is 0 Å². The fourth-order valence-electron chi connectivity index (χ4n) is 3.21. The molecule has 1 aliphatic heterocycles. The molecule has 2 heterocycles. The van der Waals surface area contributed by atoms with Gasteiger partial charge in [0.25, 0.3) is 11.8 Å². The lowest BCUT2D eigenvalue weighted by atomic mass is 10.1. The number of nitrogens with one attached hydrogen (secondary N) is 1. The number of imide groups is 1. The van der Waals surface area contributed by atoms with Crippen LogP contribution < -0.4 is 5.32 Å². The lowest BCUT2D eigenvalue weighted by Crippen LogP contribution is -2.31. The van der Waals surface area contributed by atoms with Gasteiger partial charge in [-0.25, -0.2) is 4.98 Å². The van der Waals surface area contributed by atoms with Crippen molar-refractivity contribution >= 4 is 34.5 Å². The summed E-state index contributed by atoms with van der Waals surface area (Å²) in [6.45, 7) is 1.94. The number of benzene rings is 2. The first-order chi connectivity index (χ1) is 13.0. The number of oxazole rings is 1. The van der Waals surface area contributed by atoms with Crippen molar-refractivity contribution in [1.82, 2.24) is 9.88 Å². The van der Waals surface area contributed by atoms with Gasteiger partial charge in [-0.3, -0.25) is 19.3 Å². The highest BCUT2D eigenvalue weighted by Crippen LogP contribution is 2.25. The molecule has 1 aromatic heterocycles. The van der Waals surface area contributed by atoms with Gasteiger partial charge in [0.1, 0.15) is 5.52 Å². The minimum atomic E-state index is -0.307. The van der Waals surface area contributed by atoms with Crippen LogP contribution in [0.1, 0.15) is 39.4 Å². The standard InChI is InChI=1S/C20H17N3O4/c1-12-21-15-8-4-9-16(18(15)27-12)22-17(24)10-5-11-23-19(25)13-6-2-3-7-14(13)20(23)26/h2-4,6-9H,5,10-11H2,1H3,(H,22,24). The van der Waals surface area contributed by atoms with E-state index in [-0.39, 0.29) is 30.7 Å². The Hall–Kier alpha value is -3.48. The molecule has 7 heteroatoms. The maximum absolute atomic E-state index is 12.3. The Morgan fingerprint density at radius 1 is 1.07 bits per heavy atom. The maximum atomic E-state index is 12.3. The van der Waals surface area contributed by atoms with Crippen molar-refractivity contribution in [3.8, 4) is 0 Å². The molecule has 4 rings (SSSR count). The first-order valence-corrected chi connectivity index (χ1v) is 8.66. The SMILES string of the molecule is Cc1nc2cccc(NC(=O)CCCN3C(=O)c4ccccc4C3=O)c2o1. The number of hydrogen-bond donors (Lipinski definition) is 1. The third-order valence-electron chi connectivity index (χ3n) is 4.46. The van der Waals surface area contributed by atoms with Crippen LogP contribution in [-0.2, 0) is 4.79 Å². The van der Waals surface area contributed by atoms with Gasteiger partial charge in [-0.15, -0.1) is 0 Å². The lowest BCUT2D eigenvalue weighted by molar-refractivity contribution is -0.116. The van der Waals surface area contributed by atoms with Gasteiger partial charge >= 0.3 is 0 Å². The molecule has 2 aromatic carbocycles. The minimum Gasteiger partial charge on any atom is -0.439 e. The molecule has 0 saturated carbocycles. The van der Waals surface area contributed by atoms with Gasteiger partial charge in [0.2, 0.25) is 5.91 Å². The predicted octanol–water partition coefficient (Wildman–Crippen LogP) is 3.15. The number of fused-ring (bicyclic) bond motifs is 2. The van der Waals surface area contributed by atoms with Crippen LogP contribution in [-0.4, -0.2) is 34.2 Å². The number of rotatable bonds is 5. The largest absolute Gasteiger partial charge is 0.439 e. The summed E-state index contributed by atoms with van der Waals surface area (Å²) in [5, 5.41) is 2.80. The summed E-state index contributed by atoms with van der Waals surface area (Å²) in [7, 11) is 0. The van der Waals surface area contributed by atoms with E-state index in [1.54, 1.807) is 43.3 Å². The van der Waals surface area contributed by atoms with Crippen LogP contribution in [0.15, 0.2) is 46.9 Å². The van der Waals surface area contributed by atoms with Crippen LogP contribution >= 0.6 is 0 Å². The van der Waals surface area contributed by atoms with E-state index < -0.39 is 0 Å². The molecule has 0 fully saturated rings. The molecule has 1 N–H and O–H groups in total. The zero-order chi connectivity index (χ0) is 19.0. The average molecular weight is 363 g/mol. The Labute approximate surface area is 155 Å². The first-order valence-electron chi connectivity index (χ1n) is 8.66. The molecule has 0 atom stereocenters. The molecular formula is C20H17N3O4. The predicted molar refractivity (Wildman–Crippen MR) is 98.4 cm³/mol. The summed E-state index contributed by atoms with van der Waals surface area (Å²) in [5.41, 5.74) is 2.59. The van der Waals surface area contributed by atoms with Gasteiger partial charge in [0.15, 0.2) is 11.5 Å². The molecule has 136 valence electrons. The normalized spacial score (nSPS) is 13.3. The van der Waals surface area contributed by atoms with Gasteiger partial charge < -0.3 is 9.73 Å². The third-order valence-corrected chi connectivity index (χ3v) is 4.46. The van der Waals surface area contributed by atoms with Crippen molar-refractivity contribution in [2.75, 3.05) is 11.9 Å². The van der Waals surface area contributed by atoms with Crippen molar-refractivity contribution < 1.29 is 18.8 Å². The van der Waals surface area contributed by atoms with E-state index in [0.29, 0.717) is 40.2 Å². The molecular weight excluding hydrogens is 346 g/mol. The van der Waals surface area contributed by atoms with E-state index in [4.69, 9.17) is 4.42 Å². The molecule has 27 heavy (non-hydrogen) atoms. The fraction of sp³-hybridized carbons (Fsp3) is 0.200. The van der Waals surface area contributed by atoms with Crippen molar-refractivity contribution in [3.05, 3.63) is 59.5 Å². The van der Waals surface area contributed by atoms with Gasteiger partial charge in [0.05, 0.1) is 16.8 Å². The summed E-state index contributed by atoms with van der Waals surface area (Å²) in [6.07, 6.45) is 0.555. The number of hydrogen-bond acceptors (Lipinski definition) is 5. The van der Waals surface area contributed by atoms with Crippen LogP contribution in [0.25, 0.3) is 11.1 Å². The van der Waals surface area contributed by atoms with Crippen LogP contribution in [0.3, 0.4) is 0 Å². The van der Waals surface area contributed by atoms with Gasteiger partial charge in [-0.05, 0) is 30.7 Å².